The Bertz CT molecular complexity index is 825. The summed E-state index contributed by atoms with van der Waals surface area (Å²) in [7, 11) is 4.18. The molecule has 0 spiro atoms. The normalized spacial score (nSPS) is 12.8. The third kappa shape index (κ3) is 4.62. The zero-order chi connectivity index (χ0) is 19.2. The molecule has 0 fully saturated rings. The van der Waals surface area contributed by atoms with Crippen molar-refractivity contribution in [2.45, 2.75) is 56.6 Å². The van der Waals surface area contributed by atoms with Crippen LogP contribution in [0.5, 0.6) is 0 Å². The van der Waals surface area contributed by atoms with Crippen molar-refractivity contribution in [3.8, 4) is 11.5 Å². The summed E-state index contributed by atoms with van der Waals surface area (Å²) in [5.74, 6) is 3.04. The highest BCUT2D eigenvalue weighted by atomic mass is 32.2. The van der Waals surface area contributed by atoms with E-state index in [9.17, 15) is 0 Å². The molecule has 3 rings (SSSR count). The molecule has 0 amide bonds. The third-order valence-electron chi connectivity index (χ3n) is 4.46. The molecule has 0 bridgehead atoms. The summed E-state index contributed by atoms with van der Waals surface area (Å²) in [6, 6.07) is 5.87. The van der Waals surface area contributed by atoms with E-state index in [1.54, 1.807) is 18.0 Å². The van der Waals surface area contributed by atoms with Gasteiger partial charge in [0.2, 0.25) is 5.76 Å². The van der Waals surface area contributed by atoms with Gasteiger partial charge in [0.05, 0.1) is 18.0 Å². The van der Waals surface area contributed by atoms with Crippen molar-refractivity contribution in [2.75, 3.05) is 14.1 Å². The molecule has 3 aromatic rings. The predicted octanol–water partition coefficient (Wildman–Crippen LogP) is 4.63. The van der Waals surface area contributed by atoms with Gasteiger partial charge in [-0.15, -0.1) is 10.2 Å². The Morgan fingerprint density at radius 2 is 2.07 bits per heavy atom. The number of hydrogen-bond acceptors (Lipinski definition) is 7. The highest BCUT2D eigenvalue weighted by Gasteiger charge is 2.22. The molecule has 0 saturated heterocycles. The fourth-order valence-corrected chi connectivity index (χ4v) is 3.86. The summed E-state index contributed by atoms with van der Waals surface area (Å²) in [6.07, 6.45) is 4.86. The molecule has 0 aliphatic rings. The number of unbranched alkanes of at least 4 members (excludes halogenated alkanes) is 1. The van der Waals surface area contributed by atoms with Gasteiger partial charge in [0.1, 0.15) is 0 Å². The van der Waals surface area contributed by atoms with E-state index in [-0.39, 0.29) is 6.04 Å². The van der Waals surface area contributed by atoms with Gasteiger partial charge >= 0.3 is 0 Å². The molecule has 3 heterocycles. The summed E-state index contributed by atoms with van der Waals surface area (Å²) in [5, 5.41) is 14.1. The van der Waals surface area contributed by atoms with Gasteiger partial charge in [-0.3, -0.25) is 4.90 Å². The first kappa shape index (κ1) is 19.7. The SMILES string of the molecule is CCCCn1c(SCc2cc(-c3ccco3)on2)nnc1[C@@H](CC)N(C)C. The molecule has 1 atom stereocenters. The van der Waals surface area contributed by atoms with E-state index >= 15 is 0 Å². The van der Waals surface area contributed by atoms with Crippen LogP contribution >= 0.6 is 11.8 Å². The van der Waals surface area contributed by atoms with Gasteiger partial charge in [-0.25, -0.2) is 0 Å². The van der Waals surface area contributed by atoms with Crippen molar-refractivity contribution < 1.29 is 8.94 Å². The molecule has 0 aliphatic heterocycles. The van der Waals surface area contributed by atoms with Crippen LogP contribution in [0.1, 0.15) is 50.7 Å². The zero-order valence-corrected chi connectivity index (χ0v) is 17.2. The van der Waals surface area contributed by atoms with Crippen LogP contribution in [0.25, 0.3) is 11.5 Å². The number of rotatable bonds is 10. The second-order valence-corrected chi connectivity index (χ2v) is 7.62. The lowest BCUT2D eigenvalue weighted by molar-refractivity contribution is 0.270. The molecule has 0 N–H and O–H groups in total. The summed E-state index contributed by atoms with van der Waals surface area (Å²) in [4.78, 5) is 2.20. The Kier molecular flexibility index (Phi) is 6.73. The molecule has 7 nitrogen and oxygen atoms in total. The summed E-state index contributed by atoms with van der Waals surface area (Å²) in [6.45, 7) is 5.31. The van der Waals surface area contributed by atoms with E-state index in [1.807, 2.05) is 18.2 Å². The smallest absolute Gasteiger partial charge is 0.202 e. The van der Waals surface area contributed by atoms with Gasteiger partial charge in [0, 0.05) is 18.4 Å². The van der Waals surface area contributed by atoms with Gasteiger partial charge in [0.25, 0.3) is 0 Å². The minimum atomic E-state index is 0.265. The van der Waals surface area contributed by atoms with E-state index in [2.05, 4.69) is 52.8 Å². The Balaban J connectivity index is 1.75. The lowest BCUT2D eigenvalue weighted by Crippen LogP contribution is -2.23. The summed E-state index contributed by atoms with van der Waals surface area (Å²) in [5.41, 5.74) is 0.859. The first-order valence-electron chi connectivity index (χ1n) is 9.35. The molecule has 0 aliphatic carbocycles. The van der Waals surface area contributed by atoms with Crippen molar-refractivity contribution in [2.24, 2.45) is 0 Å². The number of nitrogens with zero attached hydrogens (tertiary/aromatic N) is 5. The summed E-state index contributed by atoms with van der Waals surface area (Å²) < 4.78 is 13.0. The predicted molar refractivity (Wildman–Crippen MR) is 105 cm³/mol. The fraction of sp³-hybridized carbons (Fsp3) is 0.526. The molecule has 27 heavy (non-hydrogen) atoms. The van der Waals surface area contributed by atoms with Crippen LogP contribution in [-0.2, 0) is 12.3 Å². The molecule has 0 radical (unpaired) electrons. The molecule has 146 valence electrons. The van der Waals surface area contributed by atoms with E-state index < -0.39 is 0 Å². The standard InChI is InChI=1S/C19H27N5O2S/c1-5-7-10-24-18(15(6-2)23(3)4)20-21-19(24)27-13-14-12-17(26-22-14)16-9-8-11-25-16/h8-9,11-12,15H,5-7,10,13H2,1-4H3/t15-/m1/s1. The molecular formula is C19H27N5O2S. The Hall–Kier alpha value is -2.06. The Morgan fingerprint density at radius 1 is 1.22 bits per heavy atom. The zero-order valence-electron chi connectivity index (χ0n) is 16.4. The van der Waals surface area contributed by atoms with Crippen LogP contribution in [0.3, 0.4) is 0 Å². The minimum absolute atomic E-state index is 0.265. The number of hydrogen-bond donors (Lipinski definition) is 0. The van der Waals surface area contributed by atoms with Crippen LogP contribution in [-0.4, -0.2) is 38.9 Å². The highest BCUT2D eigenvalue weighted by Crippen LogP contribution is 2.28. The lowest BCUT2D eigenvalue weighted by atomic mass is 10.2. The average molecular weight is 390 g/mol. The molecule has 3 aromatic heterocycles. The maximum atomic E-state index is 5.38. The van der Waals surface area contributed by atoms with Crippen LogP contribution in [0, 0.1) is 0 Å². The van der Waals surface area contributed by atoms with Crippen molar-refractivity contribution in [3.63, 3.8) is 0 Å². The fourth-order valence-electron chi connectivity index (χ4n) is 3.01. The monoisotopic (exact) mass is 389 g/mol. The maximum Gasteiger partial charge on any atom is 0.202 e. The number of thioether (sulfide) groups is 1. The van der Waals surface area contributed by atoms with Gasteiger partial charge in [-0.05, 0) is 39.1 Å². The Morgan fingerprint density at radius 3 is 2.74 bits per heavy atom. The largest absolute Gasteiger partial charge is 0.461 e. The van der Waals surface area contributed by atoms with Crippen molar-refractivity contribution in [3.05, 3.63) is 36.0 Å². The van der Waals surface area contributed by atoms with Crippen molar-refractivity contribution >= 4 is 11.8 Å². The minimum Gasteiger partial charge on any atom is -0.461 e. The van der Waals surface area contributed by atoms with Crippen molar-refractivity contribution in [1.82, 2.24) is 24.8 Å². The van der Waals surface area contributed by atoms with Crippen LogP contribution in [0.4, 0.5) is 0 Å². The van der Waals surface area contributed by atoms with Gasteiger partial charge in [-0.2, -0.15) is 0 Å². The molecule has 0 aromatic carbocycles. The van der Waals surface area contributed by atoms with Crippen molar-refractivity contribution in [1.29, 1.82) is 0 Å². The Labute approximate surface area is 164 Å². The van der Waals surface area contributed by atoms with E-state index in [1.165, 1.54) is 0 Å². The third-order valence-corrected chi connectivity index (χ3v) is 5.46. The summed E-state index contributed by atoms with van der Waals surface area (Å²) >= 11 is 1.64. The highest BCUT2D eigenvalue weighted by molar-refractivity contribution is 7.98. The van der Waals surface area contributed by atoms with Crippen LogP contribution < -0.4 is 0 Å². The molecule has 0 saturated carbocycles. The van der Waals surface area contributed by atoms with E-state index in [4.69, 9.17) is 8.94 Å². The van der Waals surface area contributed by atoms with Crippen LogP contribution in [0.2, 0.25) is 0 Å². The average Bonchev–Trinajstić information content (AvgIpc) is 3.39. The quantitative estimate of drug-likeness (QED) is 0.468. The lowest BCUT2D eigenvalue weighted by Gasteiger charge is -2.23. The van der Waals surface area contributed by atoms with Gasteiger partial charge in [-0.1, -0.05) is 37.2 Å². The second kappa shape index (κ2) is 9.23. The van der Waals surface area contributed by atoms with Gasteiger partial charge in [0.15, 0.2) is 16.7 Å². The van der Waals surface area contributed by atoms with Gasteiger partial charge < -0.3 is 13.5 Å². The molecule has 0 unspecified atom stereocenters. The van der Waals surface area contributed by atoms with E-state index in [0.717, 1.165) is 42.5 Å². The second-order valence-electron chi connectivity index (χ2n) is 6.68. The van der Waals surface area contributed by atoms with E-state index in [0.29, 0.717) is 17.3 Å². The topological polar surface area (TPSA) is 73.1 Å². The molecular weight excluding hydrogens is 362 g/mol. The first-order chi connectivity index (χ1) is 13.1. The number of furan rings is 1. The number of aromatic nitrogens is 4. The first-order valence-corrected chi connectivity index (χ1v) is 10.3. The maximum absolute atomic E-state index is 5.38. The van der Waals surface area contributed by atoms with Crippen LogP contribution in [0.15, 0.2) is 38.6 Å². The molecule has 8 heteroatoms.